The molecule has 5 heterocycles. The third-order valence-corrected chi connectivity index (χ3v) is 8.59. The van der Waals surface area contributed by atoms with E-state index in [0.717, 1.165) is 60.1 Å². The molecule has 4 aromatic heterocycles. The minimum Gasteiger partial charge on any atom is -0.353 e. The molecule has 1 aliphatic carbocycles. The number of rotatable bonds is 5. The molecule has 1 aromatic carbocycles. The van der Waals surface area contributed by atoms with Crippen molar-refractivity contribution < 1.29 is 0 Å². The molecular formula is C31H35N9. The molecule has 0 bridgehead atoms. The monoisotopic (exact) mass is 533 g/mol. The van der Waals surface area contributed by atoms with Crippen molar-refractivity contribution in [1.82, 2.24) is 34.9 Å². The summed E-state index contributed by atoms with van der Waals surface area (Å²) in [5.41, 5.74) is 7.65. The van der Waals surface area contributed by atoms with Crippen molar-refractivity contribution in [3.8, 4) is 0 Å². The number of piperazine rings is 1. The van der Waals surface area contributed by atoms with E-state index in [-0.39, 0.29) is 5.54 Å². The predicted molar refractivity (Wildman–Crippen MR) is 158 cm³/mol. The summed E-state index contributed by atoms with van der Waals surface area (Å²) in [5, 5.41) is 11.5. The van der Waals surface area contributed by atoms with Gasteiger partial charge in [0, 0.05) is 37.1 Å². The van der Waals surface area contributed by atoms with Gasteiger partial charge in [0.2, 0.25) is 0 Å². The Morgan fingerprint density at radius 3 is 2.77 bits per heavy atom. The maximum Gasteiger partial charge on any atom is 0.160 e. The minimum atomic E-state index is 0.196. The van der Waals surface area contributed by atoms with Crippen LogP contribution in [0.5, 0.6) is 0 Å². The van der Waals surface area contributed by atoms with E-state index in [2.05, 4.69) is 106 Å². The molecule has 1 spiro atoms. The summed E-state index contributed by atoms with van der Waals surface area (Å²) in [6, 6.07) is 14.8. The number of aryl methyl sites for hydroxylation is 1. The van der Waals surface area contributed by atoms with Crippen LogP contribution in [-0.2, 0) is 6.42 Å². The fourth-order valence-electron chi connectivity index (χ4n) is 6.41. The Morgan fingerprint density at radius 2 is 1.95 bits per heavy atom. The summed E-state index contributed by atoms with van der Waals surface area (Å²) >= 11 is 0. The van der Waals surface area contributed by atoms with Crippen LogP contribution in [0.4, 0.5) is 17.3 Å². The molecule has 2 atom stereocenters. The molecule has 0 amide bonds. The van der Waals surface area contributed by atoms with Crippen molar-refractivity contribution in [2.75, 3.05) is 29.9 Å². The van der Waals surface area contributed by atoms with Crippen molar-refractivity contribution in [3.05, 3.63) is 78.0 Å². The zero-order valence-corrected chi connectivity index (χ0v) is 23.5. The largest absolute Gasteiger partial charge is 0.353 e. The second-order valence-corrected chi connectivity index (χ2v) is 12.4. The third-order valence-electron chi connectivity index (χ3n) is 8.59. The lowest BCUT2D eigenvalue weighted by atomic mass is 9.86. The summed E-state index contributed by atoms with van der Waals surface area (Å²) in [6.45, 7) is 12.1. The van der Waals surface area contributed by atoms with Gasteiger partial charge in [-0.25, -0.2) is 24.5 Å². The number of benzene rings is 1. The van der Waals surface area contributed by atoms with Crippen LogP contribution in [0.25, 0.3) is 16.7 Å². The van der Waals surface area contributed by atoms with Crippen molar-refractivity contribution >= 4 is 34.0 Å². The highest BCUT2D eigenvalue weighted by Crippen LogP contribution is 2.55. The van der Waals surface area contributed by atoms with Crippen LogP contribution < -0.4 is 15.5 Å². The Balaban J connectivity index is 1.12. The molecular weight excluding hydrogens is 498 g/mol. The van der Waals surface area contributed by atoms with Gasteiger partial charge in [-0.1, -0.05) is 26.8 Å². The standard InChI is InChI=1S/C31H35N9/c1-20-13-23(6-5-22(20)14-21-9-11-40-27(15-21)33-19-36-40)37-29-28-24(32-18-34-29)7-8-26(38-28)39-12-10-35-31(17-39)16-25(31)30(2,3)4/h5-9,11,13,15,18-19,25,35H,10,12,14,16-17H2,1-4H3,(H,32,34,37). The highest BCUT2D eigenvalue weighted by Gasteiger charge is 2.60. The fourth-order valence-corrected chi connectivity index (χ4v) is 6.41. The Labute approximate surface area is 234 Å². The summed E-state index contributed by atoms with van der Waals surface area (Å²) in [7, 11) is 0. The molecule has 2 aliphatic rings. The average molecular weight is 534 g/mol. The van der Waals surface area contributed by atoms with Gasteiger partial charge in [-0.3, -0.25) is 0 Å². The molecule has 9 heteroatoms. The zero-order valence-electron chi connectivity index (χ0n) is 23.5. The number of nitrogens with one attached hydrogen (secondary N) is 2. The van der Waals surface area contributed by atoms with E-state index in [9.17, 15) is 0 Å². The van der Waals surface area contributed by atoms with Crippen LogP contribution in [0, 0.1) is 18.3 Å². The highest BCUT2D eigenvalue weighted by molar-refractivity contribution is 5.88. The number of hydrogen-bond donors (Lipinski definition) is 2. The maximum atomic E-state index is 5.09. The molecule has 204 valence electrons. The van der Waals surface area contributed by atoms with Gasteiger partial charge >= 0.3 is 0 Å². The second kappa shape index (κ2) is 9.23. The molecule has 2 N–H and O–H groups in total. The molecule has 2 fully saturated rings. The number of pyridine rings is 2. The van der Waals surface area contributed by atoms with Gasteiger partial charge in [0.25, 0.3) is 0 Å². The van der Waals surface area contributed by atoms with Gasteiger partial charge in [-0.05, 0) is 84.2 Å². The Kier molecular flexibility index (Phi) is 5.75. The SMILES string of the molecule is Cc1cc(Nc2ncnc3ccc(N4CCNC5(CC5C(C)(C)C)C4)nc23)ccc1Cc1ccn2ncnc2c1. The van der Waals surface area contributed by atoms with Crippen LogP contribution in [0.1, 0.15) is 43.9 Å². The van der Waals surface area contributed by atoms with Crippen LogP contribution in [0.15, 0.2) is 61.3 Å². The molecule has 5 aromatic rings. The lowest BCUT2D eigenvalue weighted by Gasteiger charge is -2.37. The van der Waals surface area contributed by atoms with Gasteiger partial charge < -0.3 is 15.5 Å². The first-order chi connectivity index (χ1) is 19.3. The van der Waals surface area contributed by atoms with Crippen LogP contribution in [0.3, 0.4) is 0 Å². The van der Waals surface area contributed by atoms with Crippen LogP contribution in [-0.4, -0.2) is 54.7 Å². The Hall–Kier alpha value is -4.11. The molecule has 0 radical (unpaired) electrons. The molecule has 1 aliphatic heterocycles. The van der Waals surface area contributed by atoms with Gasteiger partial charge in [-0.2, -0.15) is 5.10 Å². The van der Waals surface area contributed by atoms with E-state index in [1.54, 1.807) is 17.2 Å². The topological polar surface area (TPSA) is 96.2 Å². The first-order valence-corrected chi connectivity index (χ1v) is 14.0. The fraction of sp³-hybridized carbons (Fsp3) is 0.387. The van der Waals surface area contributed by atoms with Crippen LogP contribution >= 0.6 is 0 Å². The molecule has 7 rings (SSSR count). The normalized spacial score (nSPS) is 20.9. The van der Waals surface area contributed by atoms with E-state index in [1.165, 1.54) is 23.1 Å². The zero-order chi connectivity index (χ0) is 27.5. The van der Waals surface area contributed by atoms with Gasteiger partial charge in [0.05, 0.1) is 5.52 Å². The van der Waals surface area contributed by atoms with E-state index in [1.807, 2.05) is 6.20 Å². The van der Waals surface area contributed by atoms with Crippen molar-refractivity contribution in [2.24, 2.45) is 11.3 Å². The first kappa shape index (κ1) is 24.9. The van der Waals surface area contributed by atoms with E-state index >= 15 is 0 Å². The second-order valence-electron chi connectivity index (χ2n) is 12.4. The number of hydrogen-bond acceptors (Lipinski definition) is 8. The molecule has 1 saturated carbocycles. The smallest absolute Gasteiger partial charge is 0.160 e. The number of nitrogens with zero attached hydrogens (tertiary/aromatic N) is 7. The Morgan fingerprint density at radius 1 is 1.05 bits per heavy atom. The maximum absolute atomic E-state index is 5.09. The average Bonchev–Trinajstić information content (AvgIpc) is 3.43. The highest BCUT2D eigenvalue weighted by atomic mass is 15.3. The van der Waals surface area contributed by atoms with Gasteiger partial charge in [0.15, 0.2) is 11.5 Å². The number of anilines is 3. The summed E-state index contributed by atoms with van der Waals surface area (Å²) < 4.78 is 1.78. The van der Waals surface area contributed by atoms with Crippen molar-refractivity contribution in [2.45, 2.75) is 46.1 Å². The van der Waals surface area contributed by atoms with Gasteiger partial charge in [-0.15, -0.1) is 0 Å². The quantitative estimate of drug-likeness (QED) is 0.329. The number of fused-ring (bicyclic) bond motifs is 2. The van der Waals surface area contributed by atoms with E-state index in [4.69, 9.17) is 4.98 Å². The summed E-state index contributed by atoms with van der Waals surface area (Å²) in [4.78, 5) is 20.9. The van der Waals surface area contributed by atoms with Crippen molar-refractivity contribution in [1.29, 1.82) is 0 Å². The lowest BCUT2D eigenvalue weighted by molar-refractivity contribution is 0.282. The summed E-state index contributed by atoms with van der Waals surface area (Å²) in [6.07, 6.45) is 7.19. The van der Waals surface area contributed by atoms with Crippen molar-refractivity contribution in [3.63, 3.8) is 0 Å². The minimum absolute atomic E-state index is 0.196. The third kappa shape index (κ3) is 4.54. The molecule has 40 heavy (non-hydrogen) atoms. The predicted octanol–water partition coefficient (Wildman–Crippen LogP) is 4.92. The molecule has 9 nitrogen and oxygen atoms in total. The van der Waals surface area contributed by atoms with Gasteiger partial charge in [0.1, 0.15) is 24.0 Å². The Bertz CT molecular complexity index is 1720. The molecule has 1 saturated heterocycles. The summed E-state index contributed by atoms with van der Waals surface area (Å²) in [5.74, 6) is 2.39. The molecule has 2 unspecified atom stereocenters. The number of aromatic nitrogens is 6. The first-order valence-electron chi connectivity index (χ1n) is 14.0. The lowest BCUT2D eigenvalue weighted by Crippen LogP contribution is -2.54. The van der Waals surface area contributed by atoms with E-state index < -0.39 is 0 Å². The van der Waals surface area contributed by atoms with Crippen LogP contribution in [0.2, 0.25) is 0 Å². The van der Waals surface area contributed by atoms with E-state index in [0.29, 0.717) is 11.3 Å².